The zero-order chi connectivity index (χ0) is 20.3. The molecule has 1 aliphatic heterocycles. The lowest BCUT2D eigenvalue weighted by Gasteiger charge is -2.32. The van der Waals surface area contributed by atoms with Crippen molar-refractivity contribution >= 4 is 23.6 Å². The lowest BCUT2D eigenvalue weighted by molar-refractivity contribution is -0.147. The molecule has 1 aromatic carbocycles. The highest BCUT2D eigenvalue weighted by molar-refractivity contribution is 6.07. The summed E-state index contributed by atoms with van der Waals surface area (Å²) in [6, 6.07) is 6.20. The van der Waals surface area contributed by atoms with Crippen molar-refractivity contribution in [2.75, 3.05) is 14.2 Å². The molecular weight excluding hydrogens is 354 g/mol. The molecule has 0 saturated carbocycles. The monoisotopic (exact) mass is 375 g/mol. The molecule has 1 aliphatic rings. The van der Waals surface area contributed by atoms with Crippen molar-refractivity contribution < 1.29 is 34.1 Å². The van der Waals surface area contributed by atoms with Gasteiger partial charge >= 0.3 is 17.9 Å². The zero-order valence-electron chi connectivity index (χ0n) is 15.4. The molecule has 0 aliphatic carbocycles. The van der Waals surface area contributed by atoms with Crippen molar-refractivity contribution in [3.8, 4) is 0 Å². The quantitative estimate of drug-likeness (QED) is 0.749. The molecule has 0 bridgehead atoms. The molecule has 2 rings (SSSR count). The van der Waals surface area contributed by atoms with Crippen LogP contribution in [0.1, 0.15) is 37.0 Å². The minimum atomic E-state index is -1.82. The predicted octanol–water partition coefficient (Wildman–Crippen LogP) is 1.60. The normalized spacial score (nSPS) is 20.6. The second-order valence-electron chi connectivity index (χ2n) is 6.09. The lowest BCUT2D eigenvalue weighted by Crippen LogP contribution is -2.36. The summed E-state index contributed by atoms with van der Waals surface area (Å²) in [7, 11) is 2.42. The van der Waals surface area contributed by atoms with E-state index in [9.17, 15) is 24.6 Å². The molecule has 0 amide bonds. The van der Waals surface area contributed by atoms with Crippen molar-refractivity contribution in [1.82, 2.24) is 0 Å². The van der Waals surface area contributed by atoms with E-state index in [1.807, 2.05) is 0 Å². The van der Waals surface area contributed by atoms with Gasteiger partial charge in [-0.1, -0.05) is 24.3 Å². The smallest absolute Gasteiger partial charge is 0.337 e. The van der Waals surface area contributed by atoms with Gasteiger partial charge in [0.2, 0.25) is 0 Å². The topological polar surface area (TPSA) is 122 Å². The number of benzene rings is 1. The fourth-order valence-electron chi connectivity index (χ4n) is 3.36. The van der Waals surface area contributed by atoms with E-state index in [-0.39, 0.29) is 11.1 Å². The van der Waals surface area contributed by atoms with E-state index in [1.165, 1.54) is 20.3 Å². The van der Waals surface area contributed by atoms with Crippen LogP contribution in [0.5, 0.6) is 0 Å². The predicted molar refractivity (Wildman–Crippen MR) is 95.1 cm³/mol. The molecule has 0 spiro atoms. The van der Waals surface area contributed by atoms with E-state index in [2.05, 4.69) is 4.99 Å². The minimum absolute atomic E-state index is 0.0767. The number of aliphatic carboxylic acids is 1. The third-order valence-electron chi connectivity index (χ3n) is 4.55. The van der Waals surface area contributed by atoms with Gasteiger partial charge in [0.1, 0.15) is 5.92 Å². The first-order chi connectivity index (χ1) is 12.7. The Morgan fingerprint density at radius 1 is 1.11 bits per heavy atom. The average Bonchev–Trinajstić information content (AvgIpc) is 2.65. The Kier molecular flexibility index (Phi) is 6.12. The van der Waals surface area contributed by atoms with Gasteiger partial charge in [0.05, 0.1) is 19.8 Å². The van der Waals surface area contributed by atoms with Gasteiger partial charge in [-0.05, 0) is 25.0 Å². The van der Waals surface area contributed by atoms with Gasteiger partial charge < -0.3 is 19.7 Å². The van der Waals surface area contributed by atoms with Crippen molar-refractivity contribution in [1.29, 1.82) is 0 Å². The number of rotatable bonds is 5. The van der Waals surface area contributed by atoms with E-state index < -0.39 is 35.8 Å². The molecule has 3 atom stereocenters. The van der Waals surface area contributed by atoms with Crippen LogP contribution >= 0.6 is 0 Å². The molecule has 1 heterocycles. The van der Waals surface area contributed by atoms with E-state index >= 15 is 0 Å². The van der Waals surface area contributed by atoms with E-state index in [0.29, 0.717) is 17.0 Å². The third kappa shape index (κ3) is 3.75. The maximum absolute atomic E-state index is 12.5. The molecule has 3 unspecified atom stereocenters. The van der Waals surface area contributed by atoms with Crippen LogP contribution in [0, 0.1) is 5.92 Å². The van der Waals surface area contributed by atoms with Gasteiger partial charge in [-0.3, -0.25) is 9.79 Å². The number of hydrogen-bond acceptors (Lipinski definition) is 7. The first-order valence-electron chi connectivity index (χ1n) is 8.16. The fraction of sp³-hybridized carbons (Fsp3) is 0.368. The summed E-state index contributed by atoms with van der Waals surface area (Å²) in [5.41, 5.74) is 1.27. The molecule has 144 valence electrons. The number of aliphatic hydroxyl groups is 1. The number of esters is 2. The van der Waals surface area contributed by atoms with Gasteiger partial charge in [0, 0.05) is 17.3 Å². The molecule has 8 nitrogen and oxygen atoms in total. The highest BCUT2D eigenvalue weighted by atomic mass is 16.5. The number of ether oxygens (including phenoxy) is 2. The third-order valence-corrected chi connectivity index (χ3v) is 4.55. The number of carbonyl (C=O) groups is 3. The molecule has 8 heteroatoms. The number of carboxylic acids is 1. The minimum Gasteiger partial charge on any atom is -0.479 e. The van der Waals surface area contributed by atoms with E-state index in [1.54, 1.807) is 32.0 Å². The Labute approximate surface area is 156 Å². The first kappa shape index (κ1) is 20.3. The van der Waals surface area contributed by atoms with Gasteiger partial charge in [-0.15, -0.1) is 0 Å². The second kappa shape index (κ2) is 8.13. The van der Waals surface area contributed by atoms with E-state index in [0.717, 1.165) is 0 Å². The van der Waals surface area contributed by atoms with Crippen molar-refractivity contribution in [2.45, 2.75) is 25.9 Å². The van der Waals surface area contributed by atoms with Crippen LogP contribution in [0.2, 0.25) is 0 Å². The summed E-state index contributed by atoms with van der Waals surface area (Å²) in [5.74, 6) is -4.64. The second-order valence-corrected chi connectivity index (χ2v) is 6.09. The number of carbonyl (C=O) groups excluding carboxylic acids is 2. The van der Waals surface area contributed by atoms with E-state index in [4.69, 9.17) is 9.47 Å². The highest BCUT2D eigenvalue weighted by Gasteiger charge is 2.43. The Morgan fingerprint density at radius 3 is 2.30 bits per heavy atom. The zero-order valence-corrected chi connectivity index (χ0v) is 15.4. The van der Waals surface area contributed by atoms with Crippen LogP contribution in [0.4, 0.5) is 0 Å². The van der Waals surface area contributed by atoms with Crippen LogP contribution in [0.3, 0.4) is 0 Å². The number of carboxylic acid groups (broad SMARTS) is 1. The van der Waals surface area contributed by atoms with Crippen molar-refractivity contribution in [2.24, 2.45) is 10.9 Å². The molecule has 2 N–H and O–H groups in total. The summed E-state index contributed by atoms with van der Waals surface area (Å²) in [6.45, 7) is 3.23. The van der Waals surface area contributed by atoms with Crippen LogP contribution in [-0.2, 0) is 23.9 Å². The molecular formula is C19H21NO7. The van der Waals surface area contributed by atoms with Gasteiger partial charge in [-0.2, -0.15) is 0 Å². The maximum atomic E-state index is 12.5. The number of aliphatic hydroxyl groups excluding tert-OH is 1. The molecule has 1 aromatic rings. The first-order valence-corrected chi connectivity index (χ1v) is 8.16. The van der Waals surface area contributed by atoms with Crippen LogP contribution < -0.4 is 0 Å². The fourth-order valence-corrected chi connectivity index (χ4v) is 3.36. The van der Waals surface area contributed by atoms with Crippen molar-refractivity contribution in [3.05, 3.63) is 46.7 Å². The average molecular weight is 375 g/mol. The summed E-state index contributed by atoms with van der Waals surface area (Å²) >= 11 is 0. The summed E-state index contributed by atoms with van der Waals surface area (Å²) in [4.78, 5) is 40.6. The Morgan fingerprint density at radius 2 is 1.74 bits per heavy atom. The number of allylic oxidation sites excluding steroid dienone is 1. The maximum Gasteiger partial charge on any atom is 0.337 e. The van der Waals surface area contributed by atoms with Crippen LogP contribution in [0.25, 0.3) is 0 Å². The number of hydrogen-bond donors (Lipinski definition) is 2. The Hall–Kier alpha value is -3.00. The van der Waals surface area contributed by atoms with Gasteiger partial charge in [0.15, 0.2) is 6.10 Å². The van der Waals surface area contributed by atoms with Crippen LogP contribution in [0.15, 0.2) is 40.5 Å². The Balaban J connectivity index is 2.79. The largest absolute Gasteiger partial charge is 0.479 e. The molecule has 0 aromatic heterocycles. The van der Waals surface area contributed by atoms with Crippen LogP contribution in [-0.4, -0.2) is 48.1 Å². The Bertz CT molecular complexity index is 840. The van der Waals surface area contributed by atoms with Gasteiger partial charge in [-0.25, -0.2) is 9.59 Å². The standard InChI is InChI=1S/C19H21NO7/c1-9-13(18(24)26-3)15(14(10(2)20-9)19(25)27-4)11-7-5-6-8-12(11)16(21)17(22)23/h5-8,13,15-16,21H,1-4H3,(H,22,23). The highest BCUT2D eigenvalue weighted by Crippen LogP contribution is 2.42. The lowest BCUT2D eigenvalue weighted by atomic mass is 9.73. The molecule has 0 fully saturated rings. The summed E-state index contributed by atoms with van der Waals surface area (Å²) in [6.07, 6.45) is -1.82. The number of aliphatic imine (C=N–C) groups is 1. The van der Waals surface area contributed by atoms with Gasteiger partial charge in [0.25, 0.3) is 0 Å². The summed E-state index contributed by atoms with van der Waals surface area (Å²) in [5, 5.41) is 19.4. The molecule has 27 heavy (non-hydrogen) atoms. The number of methoxy groups -OCH3 is 2. The number of nitrogens with zero attached hydrogens (tertiary/aromatic N) is 1. The summed E-state index contributed by atoms with van der Waals surface area (Å²) < 4.78 is 9.74. The molecule has 0 saturated heterocycles. The molecule has 0 radical (unpaired) electrons. The SMILES string of the molecule is COC(=O)C1=C(C)N=C(C)C(C(=O)OC)C1c1ccccc1C(O)C(=O)O. The van der Waals surface area contributed by atoms with Crippen molar-refractivity contribution in [3.63, 3.8) is 0 Å².